The molecular weight excluding hydrogens is 508 g/mol. The van der Waals surface area contributed by atoms with Crippen LogP contribution < -0.4 is 5.32 Å². The molecule has 1 aliphatic carbocycles. The summed E-state index contributed by atoms with van der Waals surface area (Å²) in [5.74, 6) is -0.339. The molecule has 0 atom stereocenters. The van der Waals surface area contributed by atoms with E-state index in [2.05, 4.69) is 37.2 Å². The summed E-state index contributed by atoms with van der Waals surface area (Å²) in [7, 11) is -3.77. The number of nitrogens with zero attached hydrogens (tertiary/aromatic N) is 1. The predicted octanol–water partition coefficient (Wildman–Crippen LogP) is 5.17. The van der Waals surface area contributed by atoms with Crippen molar-refractivity contribution in [1.82, 2.24) is 4.31 Å². The third kappa shape index (κ3) is 5.43. The third-order valence-electron chi connectivity index (χ3n) is 4.83. The molecule has 150 valence electrons. The highest BCUT2D eigenvalue weighted by Crippen LogP contribution is 2.28. The van der Waals surface area contributed by atoms with Crippen molar-refractivity contribution in [3.8, 4) is 0 Å². The van der Waals surface area contributed by atoms with Crippen molar-refractivity contribution in [2.45, 2.75) is 43.0 Å². The molecule has 0 heterocycles. The van der Waals surface area contributed by atoms with Gasteiger partial charge in [0.2, 0.25) is 15.9 Å². The van der Waals surface area contributed by atoms with Gasteiger partial charge in [0, 0.05) is 20.7 Å². The van der Waals surface area contributed by atoms with Gasteiger partial charge < -0.3 is 5.32 Å². The zero-order chi connectivity index (χ0) is 20.1. The Kier molecular flexibility index (Phi) is 7.31. The van der Waals surface area contributed by atoms with Crippen LogP contribution in [-0.2, 0) is 14.8 Å². The third-order valence-corrected chi connectivity index (χ3v) is 7.80. The van der Waals surface area contributed by atoms with Gasteiger partial charge in [0.1, 0.15) is 0 Å². The van der Waals surface area contributed by atoms with E-state index in [9.17, 15) is 13.2 Å². The van der Waals surface area contributed by atoms with Crippen molar-refractivity contribution in [1.29, 1.82) is 0 Å². The van der Waals surface area contributed by atoms with Crippen LogP contribution in [0.2, 0.25) is 0 Å². The molecule has 8 heteroatoms. The van der Waals surface area contributed by atoms with E-state index in [0.717, 1.165) is 41.0 Å². The number of hydrogen-bond acceptors (Lipinski definition) is 3. The molecular formula is C20H22Br2N2O3S. The summed E-state index contributed by atoms with van der Waals surface area (Å²) in [4.78, 5) is 12.9. The molecule has 0 aromatic heterocycles. The second-order valence-electron chi connectivity index (χ2n) is 6.85. The zero-order valence-corrected chi connectivity index (χ0v) is 19.3. The molecule has 1 fully saturated rings. The quantitative estimate of drug-likeness (QED) is 0.561. The number of sulfonamides is 1. The Bertz CT molecular complexity index is 909. The molecule has 2 aromatic carbocycles. The maximum Gasteiger partial charge on any atom is 0.243 e. The van der Waals surface area contributed by atoms with Crippen LogP contribution in [0.15, 0.2) is 62.4 Å². The van der Waals surface area contributed by atoms with Crippen molar-refractivity contribution in [3.05, 3.63) is 57.5 Å². The smallest absolute Gasteiger partial charge is 0.243 e. The topological polar surface area (TPSA) is 66.5 Å². The highest BCUT2D eigenvalue weighted by molar-refractivity contribution is 9.10. The number of amides is 1. The molecule has 0 unspecified atom stereocenters. The Balaban J connectivity index is 1.83. The number of carbonyl (C=O) groups excluding carboxylic acids is 1. The highest BCUT2D eigenvalue weighted by Gasteiger charge is 2.33. The van der Waals surface area contributed by atoms with Gasteiger partial charge in [-0.15, -0.1) is 0 Å². The fraction of sp³-hybridized carbons (Fsp3) is 0.350. The summed E-state index contributed by atoms with van der Waals surface area (Å²) in [6, 6.07) is 13.6. The van der Waals surface area contributed by atoms with Gasteiger partial charge in [-0.25, -0.2) is 8.42 Å². The van der Waals surface area contributed by atoms with Gasteiger partial charge in [0.15, 0.2) is 0 Å². The molecule has 0 aliphatic heterocycles. The minimum atomic E-state index is -3.77. The SMILES string of the molecule is O=C(CN(C1CCCCC1)S(=O)(=O)c1ccc(Br)cc1)Nc1ccc(Br)cc1. The standard InChI is InChI=1S/C20H22Br2N2O3S/c21-15-6-10-17(11-7-15)23-20(25)14-24(18-4-2-1-3-5-18)28(26,27)19-12-8-16(22)9-13-19/h6-13,18H,1-5,14H2,(H,23,25). The molecule has 1 N–H and O–H groups in total. The first-order valence-corrected chi connectivity index (χ1v) is 12.2. The lowest BCUT2D eigenvalue weighted by Gasteiger charge is -2.33. The van der Waals surface area contributed by atoms with E-state index < -0.39 is 10.0 Å². The van der Waals surface area contributed by atoms with Crippen LogP contribution in [-0.4, -0.2) is 31.2 Å². The molecule has 0 spiro atoms. The van der Waals surface area contributed by atoms with E-state index in [0.29, 0.717) is 5.69 Å². The Morgan fingerprint density at radius 2 is 1.46 bits per heavy atom. The van der Waals surface area contributed by atoms with E-state index in [1.165, 1.54) is 4.31 Å². The minimum Gasteiger partial charge on any atom is -0.325 e. The summed E-state index contributed by atoms with van der Waals surface area (Å²) in [5.41, 5.74) is 0.637. The van der Waals surface area contributed by atoms with Gasteiger partial charge in [0.25, 0.3) is 0 Å². The van der Waals surface area contributed by atoms with Gasteiger partial charge >= 0.3 is 0 Å². The number of rotatable bonds is 6. The molecule has 1 amide bonds. The normalized spacial score (nSPS) is 15.5. The monoisotopic (exact) mass is 528 g/mol. The van der Waals surface area contributed by atoms with Gasteiger partial charge in [-0.1, -0.05) is 51.1 Å². The zero-order valence-electron chi connectivity index (χ0n) is 15.3. The number of carbonyl (C=O) groups is 1. The Morgan fingerprint density at radius 1 is 0.929 bits per heavy atom. The second-order valence-corrected chi connectivity index (χ2v) is 10.6. The summed E-state index contributed by atoms with van der Waals surface area (Å²) in [6.07, 6.45) is 4.62. The minimum absolute atomic E-state index is 0.155. The van der Waals surface area contributed by atoms with Crippen LogP contribution in [0, 0.1) is 0 Å². The lowest BCUT2D eigenvalue weighted by molar-refractivity contribution is -0.116. The molecule has 3 rings (SSSR count). The van der Waals surface area contributed by atoms with Crippen LogP contribution in [0.4, 0.5) is 5.69 Å². The lowest BCUT2D eigenvalue weighted by atomic mass is 9.95. The van der Waals surface area contributed by atoms with Gasteiger partial charge in [0.05, 0.1) is 11.4 Å². The van der Waals surface area contributed by atoms with E-state index in [1.807, 2.05) is 12.1 Å². The average Bonchev–Trinajstić information content (AvgIpc) is 2.69. The van der Waals surface area contributed by atoms with Gasteiger partial charge in [-0.3, -0.25) is 4.79 Å². The number of halogens is 2. The molecule has 2 aromatic rings. The first kappa shape index (κ1) is 21.5. The van der Waals surface area contributed by atoms with E-state index in [1.54, 1.807) is 36.4 Å². The first-order valence-electron chi connectivity index (χ1n) is 9.19. The van der Waals surface area contributed by atoms with Crippen molar-refractivity contribution >= 4 is 53.5 Å². The fourth-order valence-electron chi connectivity index (χ4n) is 3.40. The van der Waals surface area contributed by atoms with Crippen LogP contribution in [0.25, 0.3) is 0 Å². The first-order chi connectivity index (χ1) is 13.4. The Labute approximate surface area is 182 Å². The molecule has 0 saturated heterocycles. The molecule has 28 heavy (non-hydrogen) atoms. The van der Waals surface area contributed by atoms with Crippen molar-refractivity contribution in [3.63, 3.8) is 0 Å². The predicted molar refractivity (Wildman–Crippen MR) is 118 cm³/mol. The second kappa shape index (κ2) is 9.52. The van der Waals surface area contributed by atoms with Crippen molar-refractivity contribution in [2.24, 2.45) is 0 Å². The summed E-state index contributed by atoms with van der Waals surface area (Å²) in [6.45, 7) is -0.195. The number of nitrogens with one attached hydrogen (secondary N) is 1. The summed E-state index contributed by atoms with van der Waals surface area (Å²) >= 11 is 6.69. The van der Waals surface area contributed by atoms with Crippen molar-refractivity contribution < 1.29 is 13.2 Å². The molecule has 1 aliphatic rings. The fourth-order valence-corrected chi connectivity index (χ4v) is 5.57. The van der Waals surface area contributed by atoms with Gasteiger partial charge in [-0.2, -0.15) is 4.31 Å². The van der Waals surface area contributed by atoms with Crippen molar-refractivity contribution in [2.75, 3.05) is 11.9 Å². The number of anilines is 1. The highest BCUT2D eigenvalue weighted by atomic mass is 79.9. The van der Waals surface area contributed by atoms with Crippen LogP contribution in [0.3, 0.4) is 0 Å². The number of benzene rings is 2. The summed E-state index contributed by atoms with van der Waals surface area (Å²) < 4.78 is 29.7. The van der Waals surface area contributed by atoms with Crippen LogP contribution in [0.5, 0.6) is 0 Å². The molecule has 1 saturated carbocycles. The van der Waals surface area contributed by atoms with E-state index >= 15 is 0 Å². The van der Waals surface area contributed by atoms with E-state index in [-0.39, 0.29) is 23.4 Å². The largest absolute Gasteiger partial charge is 0.325 e. The lowest BCUT2D eigenvalue weighted by Crippen LogP contribution is -2.45. The van der Waals surface area contributed by atoms with Gasteiger partial charge in [-0.05, 0) is 61.4 Å². The molecule has 5 nitrogen and oxygen atoms in total. The average molecular weight is 530 g/mol. The van der Waals surface area contributed by atoms with Crippen LogP contribution >= 0.6 is 31.9 Å². The Morgan fingerprint density at radius 3 is 2.04 bits per heavy atom. The molecule has 0 radical (unpaired) electrons. The Hall–Kier alpha value is -1.22. The van der Waals surface area contributed by atoms with Crippen LogP contribution in [0.1, 0.15) is 32.1 Å². The maximum atomic E-state index is 13.3. The van der Waals surface area contributed by atoms with E-state index in [4.69, 9.17) is 0 Å². The number of hydrogen-bond donors (Lipinski definition) is 1. The summed E-state index contributed by atoms with van der Waals surface area (Å²) in [5, 5.41) is 2.80. The maximum absolute atomic E-state index is 13.3. The molecule has 0 bridgehead atoms.